The molecule has 1 N–H and O–H groups in total. The molecule has 1 saturated carbocycles. The van der Waals surface area contributed by atoms with E-state index in [1.807, 2.05) is 0 Å². The van der Waals surface area contributed by atoms with Crippen molar-refractivity contribution in [3.05, 3.63) is 48.3 Å². The van der Waals surface area contributed by atoms with Crippen LogP contribution < -0.4 is 19.5 Å². The number of nitrogens with one attached hydrogen (secondary N) is 1. The lowest BCUT2D eigenvalue weighted by Crippen LogP contribution is -2.20. The quantitative estimate of drug-likeness (QED) is 0.806. The van der Waals surface area contributed by atoms with Gasteiger partial charge in [-0.3, -0.25) is 4.79 Å². The Morgan fingerprint density at radius 3 is 2.54 bits per heavy atom. The van der Waals surface area contributed by atoms with Gasteiger partial charge >= 0.3 is 0 Å². The average molecular weight is 359 g/mol. The van der Waals surface area contributed by atoms with Gasteiger partial charge in [0.1, 0.15) is 11.6 Å². The minimum Gasteiger partial charge on any atom is -0.493 e. The number of carbonyl (C=O) groups excluding carboxylic acids is 1. The van der Waals surface area contributed by atoms with Gasteiger partial charge in [0, 0.05) is 11.8 Å². The summed E-state index contributed by atoms with van der Waals surface area (Å²) in [6.45, 7) is -0.170. The van der Waals surface area contributed by atoms with E-state index in [1.165, 1.54) is 37.1 Å². The van der Waals surface area contributed by atoms with E-state index in [1.54, 1.807) is 25.3 Å². The van der Waals surface area contributed by atoms with Crippen molar-refractivity contribution in [1.82, 2.24) is 0 Å². The second-order valence-electron chi connectivity index (χ2n) is 6.18. The van der Waals surface area contributed by atoms with E-state index < -0.39 is 0 Å². The van der Waals surface area contributed by atoms with E-state index in [4.69, 9.17) is 14.2 Å². The first-order valence-corrected chi connectivity index (χ1v) is 8.67. The maximum Gasteiger partial charge on any atom is 0.262 e. The summed E-state index contributed by atoms with van der Waals surface area (Å²) < 4.78 is 29.6. The lowest BCUT2D eigenvalue weighted by atomic mass is 10.2. The van der Waals surface area contributed by atoms with Gasteiger partial charge in [-0.1, -0.05) is 0 Å². The number of hydrogen-bond acceptors (Lipinski definition) is 4. The number of ether oxygens (including phenoxy) is 3. The Balaban J connectivity index is 1.59. The number of halogens is 1. The summed E-state index contributed by atoms with van der Waals surface area (Å²) >= 11 is 0. The van der Waals surface area contributed by atoms with Crippen LogP contribution in [0.5, 0.6) is 17.2 Å². The third kappa shape index (κ3) is 4.88. The van der Waals surface area contributed by atoms with Gasteiger partial charge in [0.05, 0.1) is 13.2 Å². The van der Waals surface area contributed by atoms with Crippen LogP contribution in [0.25, 0.3) is 0 Å². The highest BCUT2D eigenvalue weighted by molar-refractivity contribution is 5.92. The van der Waals surface area contributed by atoms with E-state index in [9.17, 15) is 9.18 Å². The molecule has 0 atom stereocenters. The SMILES string of the molecule is COc1ccc(NC(=O)COc2ccc(F)cc2)cc1OC1CCCC1. The van der Waals surface area contributed by atoms with Crippen LogP contribution in [0.1, 0.15) is 25.7 Å². The summed E-state index contributed by atoms with van der Waals surface area (Å²) in [5.74, 6) is 1.02. The minimum atomic E-state index is -0.352. The number of hydrogen-bond donors (Lipinski definition) is 1. The lowest BCUT2D eigenvalue weighted by Gasteiger charge is -2.17. The van der Waals surface area contributed by atoms with Gasteiger partial charge < -0.3 is 19.5 Å². The molecular formula is C20H22FNO4. The first kappa shape index (κ1) is 18.0. The molecule has 0 aromatic heterocycles. The number of benzene rings is 2. The van der Waals surface area contributed by atoms with Crippen molar-refractivity contribution < 1.29 is 23.4 Å². The Bertz CT molecular complexity index is 742. The summed E-state index contributed by atoms with van der Waals surface area (Å²) in [7, 11) is 1.59. The second-order valence-corrected chi connectivity index (χ2v) is 6.18. The summed E-state index contributed by atoms with van der Waals surface area (Å²) in [4.78, 5) is 12.1. The highest BCUT2D eigenvalue weighted by atomic mass is 19.1. The first-order chi connectivity index (χ1) is 12.6. The fourth-order valence-electron chi connectivity index (χ4n) is 2.91. The van der Waals surface area contributed by atoms with E-state index in [-0.39, 0.29) is 24.4 Å². The molecule has 1 fully saturated rings. The van der Waals surface area contributed by atoms with Gasteiger partial charge in [0.2, 0.25) is 0 Å². The van der Waals surface area contributed by atoms with Crippen molar-refractivity contribution in [2.45, 2.75) is 31.8 Å². The van der Waals surface area contributed by atoms with Crippen molar-refractivity contribution in [2.75, 3.05) is 19.0 Å². The molecule has 6 heteroatoms. The smallest absolute Gasteiger partial charge is 0.262 e. The maximum atomic E-state index is 12.9. The molecule has 0 heterocycles. The van der Waals surface area contributed by atoms with Crippen molar-refractivity contribution in [2.24, 2.45) is 0 Å². The Hall–Kier alpha value is -2.76. The standard InChI is InChI=1S/C20H22FNO4/c1-24-18-11-8-15(12-19(18)26-17-4-2-3-5-17)22-20(23)13-25-16-9-6-14(21)7-10-16/h6-12,17H,2-5,13H2,1H3,(H,22,23). The molecule has 0 radical (unpaired) electrons. The zero-order chi connectivity index (χ0) is 18.4. The summed E-state index contributed by atoms with van der Waals surface area (Å²) in [6.07, 6.45) is 4.60. The zero-order valence-corrected chi connectivity index (χ0v) is 14.7. The van der Waals surface area contributed by atoms with Crippen LogP contribution >= 0.6 is 0 Å². The van der Waals surface area contributed by atoms with Crippen LogP contribution in [0.3, 0.4) is 0 Å². The van der Waals surface area contributed by atoms with Crippen LogP contribution in [0.15, 0.2) is 42.5 Å². The molecule has 0 spiro atoms. The molecule has 5 nitrogen and oxygen atoms in total. The molecule has 0 bridgehead atoms. The predicted octanol–water partition coefficient (Wildman–Crippen LogP) is 4.17. The third-order valence-corrected chi connectivity index (χ3v) is 4.23. The fourth-order valence-corrected chi connectivity index (χ4v) is 2.91. The van der Waals surface area contributed by atoms with Crippen molar-refractivity contribution >= 4 is 11.6 Å². The van der Waals surface area contributed by atoms with Crippen LogP contribution in [0.4, 0.5) is 10.1 Å². The van der Waals surface area contributed by atoms with E-state index in [0.29, 0.717) is 22.9 Å². The Labute approximate surface area is 152 Å². The molecule has 1 aliphatic carbocycles. The molecule has 0 saturated heterocycles. The molecule has 0 unspecified atom stereocenters. The second kappa shape index (κ2) is 8.56. The predicted molar refractivity (Wildman–Crippen MR) is 96.4 cm³/mol. The van der Waals surface area contributed by atoms with Crippen LogP contribution in [0.2, 0.25) is 0 Å². The van der Waals surface area contributed by atoms with Gasteiger partial charge in [0.15, 0.2) is 18.1 Å². The minimum absolute atomic E-state index is 0.170. The summed E-state index contributed by atoms with van der Waals surface area (Å²) in [5, 5.41) is 2.77. The zero-order valence-electron chi connectivity index (χ0n) is 14.7. The number of methoxy groups -OCH3 is 1. The highest BCUT2D eigenvalue weighted by Crippen LogP contribution is 2.33. The molecule has 26 heavy (non-hydrogen) atoms. The van der Waals surface area contributed by atoms with Crippen LogP contribution in [-0.2, 0) is 4.79 Å². The third-order valence-electron chi connectivity index (χ3n) is 4.23. The van der Waals surface area contributed by atoms with E-state index in [0.717, 1.165) is 12.8 Å². The topological polar surface area (TPSA) is 56.8 Å². The van der Waals surface area contributed by atoms with Crippen molar-refractivity contribution in [3.63, 3.8) is 0 Å². The van der Waals surface area contributed by atoms with Gasteiger partial charge in [0.25, 0.3) is 5.91 Å². The fraction of sp³-hybridized carbons (Fsp3) is 0.350. The Morgan fingerprint density at radius 1 is 1.12 bits per heavy atom. The normalized spacial score (nSPS) is 14.1. The van der Waals surface area contributed by atoms with Crippen molar-refractivity contribution in [1.29, 1.82) is 0 Å². The highest BCUT2D eigenvalue weighted by Gasteiger charge is 2.19. The number of rotatable bonds is 7. The number of amides is 1. The van der Waals surface area contributed by atoms with Gasteiger partial charge in [-0.05, 0) is 62.1 Å². The van der Waals surface area contributed by atoms with Gasteiger partial charge in [-0.25, -0.2) is 4.39 Å². The largest absolute Gasteiger partial charge is 0.493 e. The van der Waals surface area contributed by atoms with Gasteiger partial charge in [-0.15, -0.1) is 0 Å². The van der Waals surface area contributed by atoms with Crippen molar-refractivity contribution in [3.8, 4) is 17.2 Å². The van der Waals surface area contributed by atoms with Crippen LogP contribution in [-0.4, -0.2) is 25.7 Å². The first-order valence-electron chi connectivity index (χ1n) is 8.67. The molecule has 2 aromatic carbocycles. The molecule has 3 rings (SSSR count). The number of carbonyl (C=O) groups is 1. The monoisotopic (exact) mass is 359 g/mol. The molecular weight excluding hydrogens is 337 g/mol. The summed E-state index contributed by atoms with van der Waals surface area (Å²) in [5.41, 5.74) is 0.603. The summed E-state index contributed by atoms with van der Waals surface area (Å²) in [6, 6.07) is 10.8. The molecule has 2 aromatic rings. The molecule has 1 amide bonds. The lowest BCUT2D eigenvalue weighted by molar-refractivity contribution is -0.118. The molecule has 0 aliphatic heterocycles. The molecule has 1 aliphatic rings. The van der Waals surface area contributed by atoms with Crippen LogP contribution in [0, 0.1) is 5.82 Å². The maximum absolute atomic E-state index is 12.9. The van der Waals surface area contributed by atoms with Gasteiger partial charge in [-0.2, -0.15) is 0 Å². The van der Waals surface area contributed by atoms with E-state index >= 15 is 0 Å². The average Bonchev–Trinajstić information content (AvgIpc) is 3.15. The number of anilines is 1. The molecule has 138 valence electrons. The van der Waals surface area contributed by atoms with E-state index in [2.05, 4.69) is 5.32 Å². The Morgan fingerprint density at radius 2 is 1.85 bits per heavy atom. The Kier molecular flexibility index (Phi) is 5.94.